The summed E-state index contributed by atoms with van der Waals surface area (Å²) in [6.45, 7) is 6.71. The highest BCUT2D eigenvalue weighted by molar-refractivity contribution is 6.00. The minimum Gasteiger partial charge on any atom is -0.337 e. The first-order valence-electron chi connectivity index (χ1n) is 10.2. The molecular formula is C23H28N4O3. The molecule has 0 bridgehead atoms. The van der Waals surface area contributed by atoms with E-state index in [4.69, 9.17) is 0 Å². The Morgan fingerprint density at radius 2 is 1.47 bits per heavy atom. The van der Waals surface area contributed by atoms with Crippen molar-refractivity contribution < 1.29 is 14.4 Å². The van der Waals surface area contributed by atoms with E-state index in [1.54, 1.807) is 18.2 Å². The summed E-state index contributed by atoms with van der Waals surface area (Å²) >= 11 is 0. The number of carbonyl (C=O) groups is 3. The van der Waals surface area contributed by atoms with E-state index in [0.29, 0.717) is 30.0 Å². The molecule has 0 atom stereocenters. The van der Waals surface area contributed by atoms with Gasteiger partial charge < -0.3 is 15.5 Å². The number of carbonyl (C=O) groups excluding carboxylic acids is 3. The summed E-state index contributed by atoms with van der Waals surface area (Å²) in [6, 6.07) is 15.3. The van der Waals surface area contributed by atoms with Crippen molar-refractivity contribution in [3.05, 3.63) is 59.7 Å². The number of anilines is 2. The molecule has 0 aliphatic carbocycles. The molecule has 0 saturated carbocycles. The third-order valence-corrected chi connectivity index (χ3v) is 4.95. The number of hydrogen-bond donors (Lipinski definition) is 2. The van der Waals surface area contributed by atoms with Gasteiger partial charge in [-0.3, -0.25) is 19.3 Å². The number of benzene rings is 2. The Balaban J connectivity index is 1.71. The molecule has 30 heavy (non-hydrogen) atoms. The highest BCUT2D eigenvalue weighted by Crippen LogP contribution is 2.21. The third-order valence-electron chi connectivity index (χ3n) is 4.95. The zero-order chi connectivity index (χ0) is 21.5. The number of hydrogen-bond acceptors (Lipinski definition) is 4. The van der Waals surface area contributed by atoms with Crippen LogP contribution < -0.4 is 10.6 Å². The van der Waals surface area contributed by atoms with Crippen LogP contribution in [0, 0.1) is 0 Å². The van der Waals surface area contributed by atoms with Crippen LogP contribution in [0.5, 0.6) is 0 Å². The normalized spacial score (nSPS) is 14.7. The second kappa shape index (κ2) is 10.0. The van der Waals surface area contributed by atoms with Crippen LogP contribution in [-0.4, -0.2) is 53.7 Å². The second-order valence-electron chi connectivity index (χ2n) is 7.57. The molecule has 0 unspecified atom stereocenters. The van der Waals surface area contributed by atoms with Gasteiger partial charge in [0, 0.05) is 63.5 Å². The van der Waals surface area contributed by atoms with E-state index in [9.17, 15) is 14.4 Å². The van der Waals surface area contributed by atoms with Crippen molar-refractivity contribution in [2.45, 2.75) is 26.8 Å². The molecule has 2 aromatic carbocycles. The van der Waals surface area contributed by atoms with Crippen molar-refractivity contribution in [1.29, 1.82) is 0 Å². The summed E-state index contributed by atoms with van der Waals surface area (Å²) in [6.07, 6.45) is 0.891. The van der Waals surface area contributed by atoms with Crippen molar-refractivity contribution in [2.75, 3.05) is 36.8 Å². The van der Waals surface area contributed by atoms with Gasteiger partial charge in [-0.1, -0.05) is 30.3 Å². The second-order valence-corrected chi connectivity index (χ2v) is 7.57. The molecule has 2 N–H and O–H groups in total. The first-order valence-corrected chi connectivity index (χ1v) is 10.2. The van der Waals surface area contributed by atoms with Crippen LogP contribution in [0.4, 0.5) is 11.4 Å². The monoisotopic (exact) mass is 408 g/mol. The Morgan fingerprint density at radius 1 is 0.833 bits per heavy atom. The zero-order valence-corrected chi connectivity index (χ0v) is 17.5. The third kappa shape index (κ3) is 6.15. The van der Waals surface area contributed by atoms with Crippen LogP contribution >= 0.6 is 0 Å². The zero-order valence-electron chi connectivity index (χ0n) is 17.5. The summed E-state index contributed by atoms with van der Waals surface area (Å²) in [5.41, 5.74) is 2.68. The molecule has 1 heterocycles. The van der Waals surface area contributed by atoms with E-state index in [2.05, 4.69) is 27.7 Å². The van der Waals surface area contributed by atoms with Crippen molar-refractivity contribution in [3.8, 4) is 0 Å². The van der Waals surface area contributed by atoms with E-state index in [-0.39, 0.29) is 17.7 Å². The fourth-order valence-corrected chi connectivity index (χ4v) is 3.66. The van der Waals surface area contributed by atoms with Crippen molar-refractivity contribution in [3.63, 3.8) is 0 Å². The van der Waals surface area contributed by atoms with Crippen LogP contribution in [0.1, 0.15) is 36.2 Å². The van der Waals surface area contributed by atoms with E-state index < -0.39 is 0 Å². The summed E-state index contributed by atoms with van der Waals surface area (Å²) in [4.78, 5) is 40.3. The van der Waals surface area contributed by atoms with Crippen LogP contribution in [0.3, 0.4) is 0 Å². The molecule has 7 heteroatoms. The van der Waals surface area contributed by atoms with Crippen molar-refractivity contribution in [2.24, 2.45) is 0 Å². The van der Waals surface area contributed by atoms with E-state index in [0.717, 1.165) is 26.1 Å². The fourth-order valence-electron chi connectivity index (χ4n) is 3.66. The average Bonchev–Trinajstić information content (AvgIpc) is 2.92. The number of nitrogens with one attached hydrogen (secondary N) is 2. The van der Waals surface area contributed by atoms with Gasteiger partial charge in [0.2, 0.25) is 11.8 Å². The maximum atomic E-state index is 13.2. The maximum absolute atomic E-state index is 13.2. The molecular weight excluding hydrogens is 380 g/mol. The Labute approximate surface area is 177 Å². The van der Waals surface area contributed by atoms with E-state index in [1.165, 1.54) is 19.4 Å². The van der Waals surface area contributed by atoms with E-state index >= 15 is 0 Å². The summed E-state index contributed by atoms with van der Waals surface area (Å²) < 4.78 is 0. The molecule has 7 nitrogen and oxygen atoms in total. The van der Waals surface area contributed by atoms with Crippen LogP contribution in [-0.2, 0) is 16.1 Å². The summed E-state index contributed by atoms with van der Waals surface area (Å²) in [7, 11) is 0. The van der Waals surface area contributed by atoms with E-state index in [1.807, 2.05) is 23.1 Å². The molecule has 0 spiro atoms. The van der Waals surface area contributed by atoms with Crippen LogP contribution in [0.2, 0.25) is 0 Å². The van der Waals surface area contributed by atoms with Gasteiger partial charge in [0.25, 0.3) is 5.91 Å². The molecule has 1 fully saturated rings. The Hall–Kier alpha value is -3.19. The molecule has 1 saturated heterocycles. The first kappa shape index (κ1) is 21.5. The summed E-state index contributed by atoms with van der Waals surface area (Å²) in [5.74, 6) is -0.574. The molecule has 0 aromatic heterocycles. The average molecular weight is 409 g/mol. The highest BCUT2D eigenvalue weighted by Gasteiger charge is 2.21. The lowest BCUT2D eigenvalue weighted by atomic mass is 10.1. The van der Waals surface area contributed by atoms with Gasteiger partial charge in [-0.2, -0.15) is 0 Å². The fraction of sp³-hybridized carbons (Fsp3) is 0.348. The number of amides is 3. The lowest BCUT2D eigenvalue weighted by Crippen LogP contribution is -2.35. The van der Waals surface area contributed by atoms with Crippen LogP contribution in [0.15, 0.2) is 48.5 Å². The number of nitrogens with zero attached hydrogens (tertiary/aromatic N) is 2. The number of rotatable bonds is 5. The minimum atomic E-state index is -0.236. The van der Waals surface area contributed by atoms with Crippen molar-refractivity contribution >= 4 is 29.1 Å². The topological polar surface area (TPSA) is 81.8 Å². The quantitative estimate of drug-likeness (QED) is 0.797. The minimum absolute atomic E-state index is 0.102. The van der Waals surface area contributed by atoms with Gasteiger partial charge >= 0.3 is 0 Å². The lowest BCUT2D eigenvalue weighted by molar-refractivity contribution is -0.115. The van der Waals surface area contributed by atoms with Gasteiger partial charge in [0.05, 0.1) is 0 Å². The smallest absolute Gasteiger partial charge is 0.254 e. The molecule has 1 aliphatic rings. The van der Waals surface area contributed by atoms with Gasteiger partial charge in [-0.05, 0) is 30.2 Å². The largest absolute Gasteiger partial charge is 0.337 e. The van der Waals surface area contributed by atoms with Gasteiger partial charge in [-0.15, -0.1) is 0 Å². The standard InChI is InChI=1S/C23H28N4O3/c1-17(28)24-21-13-20(14-22(15-21)25-18(2)29)23(30)27-10-6-9-26(11-12-27)16-19-7-4-3-5-8-19/h3-5,7-8,13-15H,6,9-12,16H2,1-2H3,(H,24,28)(H,25,29). The lowest BCUT2D eigenvalue weighted by Gasteiger charge is -2.22. The maximum Gasteiger partial charge on any atom is 0.254 e. The van der Waals surface area contributed by atoms with Crippen LogP contribution in [0.25, 0.3) is 0 Å². The highest BCUT2D eigenvalue weighted by atomic mass is 16.2. The Morgan fingerprint density at radius 3 is 2.07 bits per heavy atom. The van der Waals surface area contributed by atoms with Gasteiger partial charge in [-0.25, -0.2) is 0 Å². The van der Waals surface area contributed by atoms with Crippen molar-refractivity contribution in [1.82, 2.24) is 9.80 Å². The molecule has 3 amide bonds. The molecule has 158 valence electrons. The van der Waals surface area contributed by atoms with Gasteiger partial charge in [0.1, 0.15) is 0 Å². The SMILES string of the molecule is CC(=O)Nc1cc(NC(C)=O)cc(C(=O)N2CCCN(Cc3ccccc3)CC2)c1. The Bertz CT molecular complexity index is 880. The summed E-state index contributed by atoms with van der Waals surface area (Å²) in [5, 5.41) is 5.39. The Kier molecular flexibility index (Phi) is 7.19. The van der Waals surface area contributed by atoms with Gasteiger partial charge in [0.15, 0.2) is 0 Å². The molecule has 2 aromatic rings. The first-order chi connectivity index (χ1) is 14.4. The molecule has 0 radical (unpaired) electrons. The molecule has 1 aliphatic heterocycles. The predicted molar refractivity (Wildman–Crippen MR) is 117 cm³/mol. The predicted octanol–water partition coefficient (Wildman–Crippen LogP) is 2.95. The molecule has 3 rings (SSSR count).